The van der Waals surface area contributed by atoms with Crippen LogP contribution in [0.3, 0.4) is 0 Å². The minimum atomic E-state index is 0.0790. The van der Waals surface area contributed by atoms with Crippen molar-refractivity contribution >= 4 is 5.91 Å². The van der Waals surface area contributed by atoms with Gasteiger partial charge in [0, 0.05) is 31.9 Å². The number of pyridine rings is 1. The van der Waals surface area contributed by atoms with E-state index < -0.39 is 0 Å². The van der Waals surface area contributed by atoms with E-state index in [1.807, 2.05) is 19.1 Å². The third kappa shape index (κ3) is 4.03. The first-order valence-electron chi connectivity index (χ1n) is 5.61. The van der Waals surface area contributed by atoms with Crippen molar-refractivity contribution in [3.8, 4) is 5.88 Å². The van der Waals surface area contributed by atoms with Crippen molar-refractivity contribution < 1.29 is 9.53 Å². The highest BCUT2D eigenvalue weighted by molar-refractivity contribution is 5.77. The van der Waals surface area contributed by atoms with Crippen molar-refractivity contribution in [2.24, 2.45) is 0 Å². The average molecular weight is 237 g/mol. The number of likely N-dealkylation sites (N-methyl/N-ethyl adjacent to an activating group) is 1. The fraction of sp³-hybridized carbons (Fsp3) is 0.500. The Morgan fingerprint density at radius 3 is 3.00 bits per heavy atom. The monoisotopic (exact) mass is 237 g/mol. The van der Waals surface area contributed by atoms with Crippen LogP contribution in [-0.4, -0.2) is 43.0 Å². The highest BCUT2D eigenvalue weighted by Crippen LogP contribution is 2.12. The molecule has 94 valence electrons. The molecule has 0 radical (unpaired) electrons. The van der Waals surface area contributed by atoms with E-state index in [4.69, 9.17) is 4.74 Å². The first-order chi connectivity index (χ1) is 8.19. The van der Waals surface area contributed by atoms with E-state index in [0.717, 1.165) is 12.1 Å². The van der Waals surface area contributed by atoms with Crippen molar-refractivity contribution in [2.45, 2.75) is 13.5 Å². The van der Waals surface area contributed by atoms with E-state index in [9.17, 15) is 4.79 Å². The van der Waals surface area contributed by atoms with Crippen LogP contribution in [0.25, 0.3) is 0 Å². The van der Waals surface area contributed by atoms with Crippen LogP contribution in [0.2, 0.25) is 0 Å². The molecule has 1 N–H and O–H groups in total. The quantitative estimate of drug-likeness (QED) is 0.789. The number of amides is 1. The summed E-state index contributed by atoms with van der Waals surface area (Å²) < 4.78 is 5.13. The Morgan fingerprint density at radius 1 is 1.59 bits per heavy atom. The highest BCUT2D eigenvalue weighted by Gasteiger charge is 2.07. The van der Waals surface area contributed by atoms with Crippen LogP contribution in [0.15, 0.2) is 18.3 Å². The largest absolute Gasteiger partial charge is 0.481 e. The molecule has 1 amide bonds. The normalized spacial score (nSPS) is 10.1. The summed E-state index contributed by atoms with van der Waals surface area (Å²) in [6.07, 6.45) is 1.68. The number of nitrogens with one attached hydrogen (secondary N) is 1. The Balaban J connectivity index is 2.43. The lowest BCUT2D eigenvalue weighted by molar-refractivity contribution is -0.128. The zero-order valence-electron chi connectivity index (χ0n) is 10.6. The molecule has 0 fully saturated rings. The second kappa shape index (κ2) is 6.85. The van der Waals surface area contributed by atoms with Crippen LogP contribution in [0.1, 0.15) is 12.5 Å². The zero-order valence-corrected chi connectivity index (χ0v) is 10.6. The molecule has 0 atom stereocenters. The van der Waals surface area contributed by atoms with Crippen LogP contribution in [-0.2, 0) is 11.3 Å². The van der Waals surface area contributed by atoms with Gasteiger partial charge in [-0.25, -0.2) is 4.98 Å². The maximum Gasteiger partial charge on any atom is 0.236 e. The molecular weight excluding hydrogens is 218 g/mol. The second-order valence-corrected chi connectivity index (χ2v) is 3.68. The predicted octanol–water partition coefficient (Wildman–Crippen LogP) is 0.658. The molecule has 17 heavy (non-hydrogen) atoms. The van der Waals surface area contributed by atoms with Crippen molar-refractivity contribution in [1.29, 1.82) is 0 Å². The summed E-state index contributed by atoms with van der Waals surface area (Å²) in [5.74, 6) is 0.673. The number of rotatable bonds is 6. The predicted molar refractivity (Wildman–Crippen MR) is 65.8 cm³/mol. The topological polar surface area (TPSA) is 54.5 Å². The second-order valence-electron chi connectivity index (χ2n) is 3.68. The van der Waals surface area contributed by atoms with Crippen LogP contribution in [0.5, 0.6) is 5.88 Å². The minimum absolute atomic E-state index is 0.0790. The summed E-state index contributed by atoms with van der Waals surface area (Å²) in [4.78, 5) is 17.3. The summed E-state index contributed by atoms with van der Waals surface area (Å²) in [5, 5.41) is 3.08. The van der Waals surface area contributed by atoms with Gasteiger partial charge in [0.05, 0.1) is 13.7 Å². The molecule has 0 bridgehead atoms. The van der Waals surface area contributed by atoms with Crippen molar-refractivity contribution in [1.82, 2.24) is 15.2 Å². The highest BCUT2D eigenvalue weighted by atomic mass is 16.5. The van der Waals surface area contributed by atoms with Crippen LogP contribution in [0.4, 0.5) is 0 Å². The minimum Gasteiger partial charge on any atom is -0.481 e. The molecule has 5 heteroatoms. The molecule has 0 saturated carbocycles. The van der Waals surface area contributed by atoms with Crippen LogP contribution in [0, 0.1) is 0 Å². The molecule has 5 nitrogen and oxygen atoms in total. The van der Waals surface area contributed by atoms with E-state index >= 15 is 0 Å². The van der Waals surface area contributed by atoms with Crippen LogP contribution < -0.4 is 10.1 Å². The first-order valence-corrected chi connectivity index (χ1v) is 5.61. The maximum absolute atomic E-state index is 11.5. The molecule has 0 aliphatic rings. The molecule has 0 spiro atoms. The fourth-order valence-electron chi connectivity index (χ4n) is 1.36. The third-order valence-corrected chi connectivity index (χ3v) is 2.54. The number of methoxy groups -OCH3 is 1. The van der Waals surface area contributed by atoms with Gasteiger partial charge in [-0.05, 0) is 13.0 Å². The van der Waals surface area contributed by atoms with Crippen LogP contribution >= 0.6 is 0 Å². The number of aromatic nitrogens is 1. The lowest BCUT2D eigenvalue weighted by Crippen LogP contribution is -2.35. The number of carbonyl (C=O) groups is 1. The molecule has 0 unspecified atom stereocenters. The molecule has 1 heterocycles. The first kappa shape index (κ1) is 13.4. The number of hydrogen-bond donors (Lipinski definition) is 1. The standard InChI is InChI=1S/C12H19N3O2/c1-4-15(2)11(16)9-13-8-10-6-5-7-14-12(10)17-3/h5-7,13H,4,8-9H2,1-3H3. The van der Waals surface area contributed by atoms with Gasteiger partial charge in [0.1, 0.15) is 0 Å². The molecule has 0 saturated heterocycles. The molecule has 1 aromatic rings. The Bertz CT molecular complexity index is 369. The lowest BCUT2D eigenvalue weighted by atomic mass is 10.2. The summed E-state index contributed by atoms with van der Waals surface area (Å²) in [6.45, 7) is 3.56. The van der Waals surface area contributed by atoms with Crippen molar-refractivity contribution in [3.05, 3.63) is 23.9 Å². The van der Waals surface area contributed by atoms with Gasteiger partial charge < -0.3 is 15.0 Å². The Kier molecular flexibility index (Phi) is 5.42. The van der Waals surface area contributed by atoms with Gasteiger partial charge in [0.15, 0.2) is 0 Å². The van der Waals surface area contributed by atoms with Gasteiger partial charge in [0.2, 0.25) is 11.8 Å². The van der Waals surface area contributed by atoms with E-state index in [0.29, 0.717) is 19.0 Å². The number of ether oxygens (including phenoxy) is 1. The molecular formula is C12H19N3O2. The van der Waals surface area contributed by atoms with Crippen molar-refractivity contribution in [3.63, 3.8) is 0 Å². The summed E-state index contributed by atoms with van der Waals surface area (Å²) in [6, 6.07) is 3.77. The summed E-state index contributed by atoms with van der Waals surface area (Å²) in [7, 11) is 3.37. The zero-order chi connectivity index (χ0) is 12.7. The van der Waals surface area contributed by atoms with Gasteiger partial charge in [-0.2, -0.15) is 0 Å². The average Bonchev–Trinajstić information content (AvgIpc) is 2.38. The lowest BCUT2D eigenvalue weighted by Gasteiger charge is -2.15. The number of carbonyl (C=O) groups excluding carboxylic acids is 1. The van der Waals surface area contributed by atoms with Gasteiger partial charge in [-0.3, -0.25) is 4.79 Å². The summed E-state index contributed by atoms with van der Waals surface area (Å²) in [5.41, 5.74) is 0.946. The Hall–Kier alpha value is -1.62. The number of nitrogens with zero attached hydrogens (tertiary/aromatic N) is 2. The van der Waals surface area contributed by atoms with E-state index in [1.54, 1.807) is 25.3 Å². The van der Waals surface area contributed by atoms with Crippen molar-refractivity contribution in [2.75, 3.05) is 27.2 Å². The van der Waals surface area contributed by atoms with Gasteiger partial charge >= 0.3 is 0 Å². The van der Waals surface area contributed by atoms with Gasteiger partial charge in [0.25, 0.3) is 0 Å². The van der Waals surface area contributed by atoms with E-state index in [2.05, 4.69) is 10.3 Å². The molecule has 1 aromatic heterocycles. The molecule has 0 aliphatic carbocycles. The maximum atomic E-state index is 11.5. The van der Waals surface area contributed by atoms with E-state index in [-0.39, 0.29) is 5.91 Å². The summed E-state index contributed by atoms with van der Waals surface area (Å²) >= 11 is 0. The van der Waals surface area contributed by atoms with Gasteiger partial charge in [-0.1, -0.05) is 6.07 Å². The Morgan fingerprint density at radius 2 is 2.35 bits per heavy atom. The SMILES string of the molecule is CCN(C)C(=O)CNCc1cccnc1OC. The fourth-order valence-corrected chi connectivity index (χ4v) is 1.36. The third-order valence-electron chi connectivity index (χ3n) is 2.54. The van der Waals surface area contributed by atoms with E-state index in [1.165, 1.54) is 0 Å². The molecule has 0 aromatic carbocycles. The molecule has 0 aliphatic heterocycles. The number of hydrogen-bond acceptors (Lipinski definition) is 4. The van der Waals surface area contributed by atoms with Gasteiger partial charge in [-0.15, -0.1) is 0 Å². The molecule has 1 rings (SSSR count). The smallest absolute Gasteiger partial charge is 0.236 e. The Labute approximate surface area is 102 Å².